The van der Waals surface area contributed by atoms with E-state index in [0.29, 0.717) is 17.5 Å². The number of Topliss-reactive ketones (excluding diaryl/α,β-unsaturated/α-hetero) is 1. The number of nitrogens with one attached hydrogen (secondary N) is 1. The number of aromatic nitrogens is 1. The summed E-state index contributed by atoms with van der Waals surface area (Å²) in [4.78, 5) is 54.9. The molecule has 0 fully saturated rings. The molecule has 0 saturated heterocycles. The Hall–Kier alpha value is -5.18. The van der Waals surface area contributed by atoms with E-state index < -0.39 is 36.3 Å². The van der Waals surface area contributed by atoms with Crippen LogP contribution in [-0.2, 0) is 22.8 Å². The number of nitrogens with zero attached hydrogens (tertiary/aromatic N) is 4. The highest BCUT2D eigenvalue weighted by molar-refractivity contribution is 6.08. The van der Waals surface area contributed by atoms with E-state index >= 15 is 0 Å². The first-order chi connectivity index (χ1) is 20.0. The molecule has 1 unspecified atom stereocenters. The topological polar surface area (TPSA) is 116 Å². The number of hydrogen-bond acceptors (Lipinski definition) is 5. The van der Waals surface area contributed by atoms with Crippen LogP contribution in [0.1, 0.15) is 42.0 Å². The zero-order chi connectivity index (χ0) is 30.2. The molecule has 2 aromatic carbocycles. The lowest BCUT2D eigenvalue weighted by Crippen LogP contribution is -2.54. The van der Waals surface area contributed by atoms with Gasteiger partial charge in [-0.3, -0.25) is 19.3 Å². The monoisotopic (exact) mass is 575 g/mol. The van der Waals surface area contributed by atoms with Gasteiger partial charge in [0.1, 0.15) is 6.54 Å². The molecule has 2 aliphatic rings. The summed E-state index contributed by atoms with van der Waals surface area (Å²) in [5.74, 6) is -0.949. The fraction of sp³-hybridized carbons (Fsp3) is 0.233. The molecule has 12 heteroatoms. The number of rotatable bonds is 5. The number of pyridine rings is 1. The lowest BCUT2D eigenvalue weighted by atomic mass is 9.83. The van der Waals surface area contributed by atoms with Crippen LogP contribution in [0.15, 0.2) is 82.9 Å². The zero-order valence-corrected chi connectivity index (χ0v) is 22.3. The number of nitriles is 1. The summed E-state index contributed by atoms with van der Waals surface area (Å²) in [5, 5.41) is 11.9. The summed E-state index contributed by atoms with van der Waals surface area (Å²) < 4.78 is 42.1. The third kappa shape index (κ3) is 5.41. The number of halogens is 3. The Morgan fingerprint density at radius 1 is 1.05 bits per heavy atom. The molecule has 9 nitrogen and oxygen atoms in total. The van der Waals surface area contributed by atoms with Gasteiger partial charge in [0.2, 0.25) is 11.5 Å². The second-order valence-corrected chi connectivity index (χ2v) is 9.98. The molecule has 0 spiro atoms. The van der Waals surface area contributed by atoms with Crippen molar-refractivity contribution in [1.82, 2.24) is 9.47 Å². The second-order valence-electron chi connectivity index (χ2n) is 9.98. The number of amides is 3. The number of hydrogen-bond donors (Lipinski definition) is 1. The molecule has 2 heterocycles. The summed E-state index contributed by atoms with van der Waals surface area (Å²) in [6, 6.07) is 13.3. The van der Waals surface area contributed by atoms with Crippen molar-refractivity contribution in [3.8, 4) is 6.07 Å². The number of benzene rings is 2. The van der Waals surface area contributed by atoms with Crippen molar-refractivity contribution in [2.24, 2.45) is 7.05 Å². The van der Waals surface area contributed by atoms with Crippen LogP contribution in [0.25, 0.3) is 0 Å². The van der Waals surface area contributed by atoms with Crippen LogP contribution >= 0.6 is 0 Å². The second kappa shape index (κ2) is 11.0. The van der Waals surface area contributed by atoms with Crippen molar-refractivity contribution in [3.63, 3.8) is 0 Å². The van der Waals surface area contributed by atoms with Crippen molar-refractivity contribution in [3.05, 3.63) is 105 Å². The van der Waals surface area contributed by atoms with Crippen molar-refractivity contribution < 1.29 is 27.6 Å². The summed E-state index contributed by atoms with van der Waals surface area (Å²) in [5.41, 5.74) is 0.219. The number of urea groups is 1. The van der Waals surface area contributed by atoms with Crippen LogP contribution in [0.5, 0.6) is 0 Å². The smallest absolute Gasteiger partial charge is 0.323 e. The van der Waals surface area contributed by atoms with Crippen LogP contribution in [0.2, 0.25) is 0 Å². The minimum atomic E-state index is -4.67. The fourth-order valence-corrected chi connectivity index (χ4v) is 5.26. The van der Waals surface area contributed by atoms with Gasteiger partial charge in [0.25, 0.3) is 0 Å². The molecule has 1 aliphatic carbocycles. The highest BCUT2D eigenvalue weighted by Gasteiger charge is 2.45. The van der Waals surface area contributed by atoms with Crippen molar-refractivity contribution >= 4 is 29.1 Å². The maximum Gasteiger partial charge on any atom is 0.416 e. The van der Waals surface area contributed by atoms with Crippen LogP contribution in [0, 0.1) is 11.3 Å². The number of allylic oxidation sites excluding steroid dienone is 1. The molecule has 5 rings (SSSR count). The molecule has 214 valence electrons. The van der Waals surface area contributed by atoms with Gasteiger partial charge in [0.15, 0.2) is 5.78 Å². The molecule has 0 radical (unpaired) electrons. The van der Waals surface area contributed by atoms with E-state index in [4.69, 9.17) is 0 Å². The van der Waals surface area contributed by atoms with Crippen molar-refractivity contribution in [2.45, 2.75) is 31.5 Å². The predicted molar refractivity (Wildman–Crippen MR) is 146 cm³/mol. The Morgan fingerprint density at radius 2 is 1.79 bits per heavy atom. The van der Waals surface area contributed by atoms with E-state index in [2.05, 4.69) is 5.32 Å². The Labute approximate surface area is 238 Å². The molecule has 1 aliphatic heterocycles. The van der Waals surface area contributed by atoms with Crippen LogP contribution in [-0.4, -0.2) is 33.7 Å². The van der Waals surface area contributed by atoms with Gasteiger partial charge in [-0.05, 0) is 54.8 Å². The first kappa shape index (κ1) is 28.4. The molecule has 3 aromatic rings. The Morgan fingerprint density at radius 3 is 2.45 bits per heavy atom. The number of carbonyl (C=O) groups is 3. The average molecular weight is 576 g/mol. The van der Waals surface area contributed by atoms with Crippen LogP contribution in [0.3, 0.4) is 0 Å². The number of anilines is 2. The standard InChI is InChI=1S/C30H24F3N5O4/c1-36-16-21(12-13-26(36)41)35-25(40)17-37-28(19-10-8-18(15-34)9-11-19)27-23(6-3-7-24(27)39)38(29(37)42)22-5-2-4-20(14-22)30(31,32)33/h2,4-5,8-14,16,28H,3,6-7,17H2,1H3,(H,35,40). The Kier molecular flexibility index (Phi) is 7.43. The molecule has 3 amide bonds. The Balaban J connectivity index is 1.63. The van der Waals surface area contributed by atoms with Gasteiger partial charge < -0.3 is 14.8 Å². The van der Waals surface area contributed by atoms with E-state index in [0.717, 1.165) is 21.9 Å². The maximum absolute atomic E-state index is 14.2. The summed E-state index contributed by atoms with van der Waals surface area (Å²) in [7, 11) is 1.50. The van der Waals surface area contributed by atoms with Crippen molar-refractivity contribution in [2.75, 3.05) is 16.8 Å². The minimum Gasteiger partial charge on any atom is -0.323 e. The molecule has 1 atom stereocenters. The quantitative estimate of drug-likeness (QED) is 0.465. The van der Waals surface area contributed by atoms with Gasteiger partial charge in [-0.2, -0.15) is 18.4 Å². The van der Waals surface area contributed by atoms with Gasteiger partial charge >= 0.3 is 12.2 Å². The first-order valence-electron chi connectivity index (χ1n) is 13.0. The third-order valence-corrected chi connectivity index (χ3v) is 7.19. The highest BCUT2D eigenvalue weighted by atomic mass is 19.4. The third-order valence-electron chi connectivity index (χ3n) is 7.19. The van der Waals surface area contributed by atoms with Gasteiger partial charge in [0.05, 0.1) is 34.6 Å². The maximum atomic E-state index is 14.2. The largest absolute Gasteiger partial charge is 0.416 e. The van der Waals surface area contributed by atoms with Gasteiger partial charge in [-0.15, -0.1) is 0 Å². The predicted octanol–water partition coefficient (Wildman–Crippen LogP) is 4.90. The average Bonchev–Trinajstić information content (AvgIpc) is 2.95. The molecule has 1 N–H and O–H groups in total. The summed E-state index contributed by atoms with van der Waals surface area (Å²) in [6.07, 6.45) is -2.46. The van der Waals surface area contributed by atoms with E-state index in [-0.39, 0.29) is 46.8 Å². The van der Waals surface area contributed by atoms with Gasteiger partial charge in [-0.1, -0.05) is 18.2 Å². The van der Waals surface area contributed by atoms with Gasteiger partial charge in [0, 0.05) is 37.0 Å². The fourth-order valence-electron chi connectivity index (χ4n) is 5.26. The van der Waals surface area contributed by atoms with E-state index in [1.807, 2.05) is 6.07 Å². The summed E-state index contributed by atoms with van der Waals surface area (Å²) >= 11 is 0. The lowest BCUT2D eigenvalue weighted by molar-refractivity contribution is -0.137. The SMILES string of the molecule is Cn1cc(NC(=O)CN2C(=O)N(c3cccc(C(F)(F)F)c3)C3=C(C(=O)CCC3)C2c2ccc(C#N)cc2)ccc1=O. The number of alkyl halides is 3. The Bertz CT molecular complexity index is 1720. The van der Waals surface area contributed by atoms with Crippen LogP contribution in [0.4, 0.5) is 29.3 Å². The molecule has 42 heavy (non-hydrogen) atoms. The number of carbonyl (C=O) groups excluding carboxylic acids is 3. The molecule has 0 saturated carbocycles. The molecule has 0 bridgehead atoms. The van der Waals surface area contributed by atoms with E-state index in [9.17, 15) is 37.6 Å². The first-order valence-corrected chi connectivity index (χ1v) is 13.0. The van der Waals surface area contributed by atoms with Gasteiger partial charge in [-0.25, -0.2) is 4.79 Å². The number of aryl methyl sites for hydroxylation is 1. The zero-order valence-electron chi connectivity index (χ0n) is 22.3. The van der Waals surface area contributed by atoms with Crippen molar-refractivity contribution in [1.29, 1.82) is 5.26 Å². The summed E-state index contributed by atoms with van der Waals surface area (Å²) in [6.45, 7) is -0.564. The molecular weight excluding hydrogens is 551 g/mol. The highest BCUT2D eigenvalue weighted by Crippen LogP contribution is 2.44. The molecule has 1 aromatic heterocycles. The lowest BCUT2D eigenvalue weighted by Gasteiger charge is -2.45. The van der Waals surface area contributed by atoms with Crippen LogP contribution < -0.4 is 15.8 Å². The normalized spacial score (nSPS) is 17.2. The van der Waals surface area contributed by atoms with E-state index in [1.54, 1.807) is 12.1 Å². The molecular formula is C30H24F3N5O4. The van der Waals surface area contributed by atoms with E-state index in [1.165, 1.54) is 54.2 Å². The number of ketones is 1. The minimum absolute atomic E-state index is 0.0845.